The van der Waals surface area contributed by atoms with E-state index >= 15 is 0 Å². The Labute approximate surface area is 107 Å². The first-order valence-electron chi connectivity index (χ1n) is 4.73. The second-order valence-corrected chi connectivity index (χ2v) is 4.57. The average molecular weight is 330 g/mol. The third-order valence-corrected chi connectivity index (χ3v) is 2.68. The standard InChI is InChI=1S/C10H11IN4O/c1-6-14-10(16-15-6)5-13-9-3-2-7(11)4-8(9)12/h2-4,13H,5,12H2,1H3. The van der Waals surface area contributed by atoms with Gasteiger partial charge in [-0.1, -0.05) is 5.16 Å². The molecule has 0 spiro atoms. The van der Waals surface area contributed by atoms with Crippen molar-refractivity contribution in [2.45, 2.75) is 13.5 Å². The largest absolute Gasteiger partial charge is 0.397 e. The minimum absolute atomic E-state index is 0.478. The van der Waals surface area contributed by atoms with E-state index in [4.69, 9.17) is 10.3 Å². The van der Waals surface area contributed by atoms with Crippen LogP contribution in [0.25, 0.3) is 0 Å². The monoisotopic (exact) mass is 330 g/mol. The first-order chi connectivity index (χ1) is 7.65. The van der Waals surface area contributed by atoms with Crippen molar-refractivity contribution in [1.82, 2.24) is 10.1 Å². The van der Waals surface area contributed by atoms with Gasteiger partial charge in [0.15, 0.2) is 5.82 Å². The Kier molecular flexibility index (Phi) is 3.28. The van der Waals surface area contributed by atoms with Crippen molar-refractivity contribution >= 4 is 34.0 Å². The van der Waals surface area contributed by atoms with Crippen molar-refractivity contribution < 1.29 is 4.52 Å². The Balaban J connectivity index is 2.04. The maximum absolute atomic E-state index is 5.86. The number of nitrogens with two attached hydrogens (primary N) is 1. The molecule has 6 heteroatoms. The summed E-state index contributed by atoms with van der Waals surface area (Å²) in [6.07, 6.45) is 0. The summed E-state index contributed by atoms with van der Waals surface area (Å²) in [5.74, 6) is 1.18. The van der Waals surface area contributed by atoms with E-state index in [1.54, 1.807) is 6.92 Å². The van der Waals surface area contributed by atoms with E-state index < -0.39 is 0 Å². The molecule has 1 aromatic carbocycles. The zero-order chi connectivity index (χ0) is 11.5. The summed E-state index contributed by atoms with van der Waals surface area (Å²) >= 11 is 2.22. The highest BCUT2D eigenvalue weighted by atomic mass is 127. The van der Waals surface area contributed by atoms with Gasteiger partial charge in [0.1, 0.15) is 0 Å². The Morgan fingerprint density at radius 3 is 2.94 bits per heavy atom. The van der Waals surface area contributed by atoms with Crippen molar-refractivity contribution in [3.63, 3.8) is 0 Å². The molecule has 84 valence electrons. The average Bonchev–Trinajstić information content (AvgIpc) is 2.63. The van der Waals surface area contributed by atoms with Crippen molar-refractivity contribution in [2.24, 2.45) is 0 Å². The molecule has 3 N–H and O–H groups in total. The zero-order valence-electron chi connectivity index (χ0n) is 8.70. The number of halogens is 1. The first-order valence-corrected chi connectivity index (χ1v) is 5.81. The lowest BCUT2D eigenvalue weighted by Crippen LogP contribution is -2.02. The van der Waals surface area contributed by atoms with Gasteiger partial charge < -0.3 is 15.6 Å². The van der Waals surface area contributed by atoms with Gasteiger partial charge in [-0.25, -0.2) is 0 Å². The summed E-state index contributed by atoms with van der Waals surface area (Å²) in [7, 11) is 0. The van der Waals surface area contributed by atoms with E-state index in [9.17, 15) is 0 Å². The lowest BCUT2D eigenvalue weighted by molar-refractivity contribution is 0.379. The minimum Gasteiger partial charge on any atom is -0.397 e. The predicted molar refractivity (Wildman–Crippen MR) is 69.9 cm³/mol. The Bertz CT molecular complexity index is 497. The normalized spacial score (nSPS) is 10.4. The lowest BCUT2D eigenvalue weighted by atomic mass is 10.3. The van der Waals surface area contributed by atoms with Crippen LogP contribution in [-0.2, 0) is 6.54 Å². The van der Waals surface area contributed by atoms with Gasteiger partial charge >= 0.3 is 0 Å². The van der Waals surface area contributed by atoms with E-state index in [0.29, 0.717) is 23.9 Å². The number of hydrogen-bond acceptors (Lipinski definition) is 5. The molecule has 0 saturated heterocycles. The van der Waals surface area contributed by atoms with Gasteiger partial charge in [0.2, 0.25) is 5.89 Å². The number of nitrogen functional groups attached to an aromatic ring is 1. The molecule has 0 radical (unpaired) electrons. The molecule has 0 aliphatic rings. The number of hydrogen-bond donors (Lipinski definition) is 2. The molecule has 0 bridgehead atoms. The van der Waals surface area contributed by atoms with E-state index in [1.807, 2.05) is 18.2 Å². The Morgan fingerprint density at radius 1 is 1.50 bits per heavy atom. The fourth-order valence-corrected chi connectivity index (χ4v) is 1.79. The van der Waals surface area contributed by atoms with E-state index in [2.05, 4.69) is 38.0 Å². The summed E-state index contributed by atoms with van der Waals surface area (Å²) in [6.45, 7) is 2.26. The van der Waals surface area contributed by atoms with Crippen LogP contribution in [-0.4, -0.2) is 10.1 Å². The highest BCUT2D eigenvalue weighted by molar-refractivity contribution is 14.1. The maximum Gasteiger partial charge on any atom is 0.245 e. The predicted octanol–water partition coefficient (Wildman–Crippen LogP) is 2.18. The van der Waals surface area contributed by atoms with E-state index in [-0.39, 0.29) is 0 Å². The highest BCUT2D eigenvalue weighted by Crippen LogP contribution is 2.21. The van der Waals surface area contributed by atoms with E-state index in [0.717, 1.165) is 9.26 Å². The molecule has 2 rings (SSSR count). The second kappa shape index (κ2) is 4.69. The van der Waals surface area contributed by atoms with Crippen molar-refractivity contribution in [2.75, 3.05) is 11.1 Å². The third-order valence-electron chi connectivity index (χ3n) is 2.01. The van der Waals surface area contributed by atoms with Gasteiger partial charge in [0.25, 0.3) is 0 Å². The van der Waals surface area contributed by atoms with Gasteiger partial charge in [-0.2, -0.15) is 4.98 Å². The number of nitrogens with one attached hydrogen (secondary N) is 1. The number of rotatable bonds is 3. The molecular weight excluding hydrogens is 319 g/mol. The van der Waals surface area contributed by atoms with Crippen LogP contribution in [0.15, 0.2) is 22.7 Å². The fourth-order valence-electron chi connectivity index (χ4n) is 1.28. The summed E-state index contributed by atoms with van der Waals surface area (Å²) < 4.78 is 6.09. The molecule has 0 amide bonds. The van der Waals surface area contributed by atoms with Gasteiger partial charge in [0.05, 0.1) is 17.9 Å². The quantitative estimate of drug-likeness (QED) is 0.666. The van der Waals surface area contributed by atoms with Crippen LogP contribution in [0.3, 0.4) is 0 Å². The van der Waals surface area contributed by atoms with Crippen LogP contribution in [0, 0.1) is 10.5 Å². The van der Waals surface area contributed by atoms with Gasteiger partial charge in [-0.15, -0.1) is 0 Å². The Hall–Kier alpha value is -1.31. The summed E-state index contributed by atoms with van der Waals surface area (Å²) in [4.78, 5) is 4.09. The highest BCUT2D eigenvalue weighted by Gasteiger charge is 2.04. The lowest BCUT2D eigenvalue weighted by Gasteiger charge is -2.06. The third kappa shape index (κ3) is 2.63. The molecular formula is C10H11IN4O. The van der Waals surface area contributed by atoms with Crippen LogP contribution in [0.5, 0.6) is 0 Å². The maximum atomic E-state index is 5.86. The van der Waals surface area contributed by atoms with Crippen molar-refractivity contribution in [1.29, 1.82) is 0 Å². The van der Waals surface area contributed by atoms with Gasteiger partial charge in [-0.05, 0) is 47.7 Å². The number of aryl methyl sites for hydroxylation is 1. The number of aromatic nitrogens is 2. The zero-order valence-corrected chi connectivity index (χ0v) is 10.9. The molecule has 16 heavy (non-hydrogen) atoms. The molecule has 2 aromatic rings. The molecule has 0 atom stereocenters. The topological polar surface area (TPSA) is 77.0 Å². The van der Waals surface area contributed by atoms with Crippen LogP contribution < -0.4 is 11.1 Å². The molecule has 0 aliphatic carbocycles. The Morgan fingerprint density at radius 2 is 2.31 bits per heavy atom. The molecule has 1 heterocycles. The second-order valence-electron chi connectivity index (χ2n) is 3.32. The van der Waals surface area contributed by atoms with Gasteiger partial charge in [-0.3, -0.25) is 0 Å². The molecule has 1 aromatic heterocycles. The van der Waals surface area contributed by atoms with Crippen LogP contribution in [0.4, 0.5) is 11.4 Å². The summed E-state index contributed by atoms with van der Waals surface area (Å²) in [6, 6.07) is 5.82. The van der Waals surface area contributed by atoms with Crippen molar-refractivity contribution in [3.8, 4) is 0 Å². The molecule has 0 saturated carbocycles. The summed E-state index contributed by atoms with van der Waals surface area (Å²) in [5, 5.41) is 6.85. The van der Waals surface area contributed by atoms with Gasteiger partial charge in [0, 0.05) is 3.57 Å². The molecule has 5 nitrogen and oxygen atoms in total. The first kappa shape index (κ1) is 11.2. The van der Waals surface area contributed by atoms with Crippen LogP contribution in [0.1, 0.15) is 11.7 Å². The number of nitrogens with zero attached hydrogens (tertiary/aromatic N) is 2. The molecule has 0 unspecified atom stereocenters. The molecule has 0 aliphatic heterocycles. The summed E-state index contributed by atoms with van der Waals surface area (Å²) in [5.41, 5.74) is 7.44. The smallest absolute Gasteiger partial charge is 0.245 e. The van der Waals surface area contributed by atoms with Crippen LogP contribution >= 0.6 is 22.6 Å². The van der Waals surface area contributed by atoms with Crippen molar-refractivity contribution in [3.05, 3.63) is 33.5 Å². The number of benzene rings is 1. The van der Waals surface area contributed by atoms with Crippen LogP contribution in [0.2, 0.25) is 0 Å². The number of anilines is 2. The SMILES string of the molecule is Cc1noc(CNc2ccc(I)cc2N)n1. The fraction of sp³-hybridized carbons (Fsp3) is 0.200. The van der Waals surface area contributed by atoms with E-state index in [1.165, 1.54) is 0 Å². The minimum atomic E-state index is 0.478. The molecule has 0 fully saturated rings.